The van der Waals surface area contributed by atoms with Gasteiger partial charge in [-0.3, -0.25) is 4.79 Å². The number of hydrogen-bond acceptors (Lipinski definition) is 2. The lowest BCUT2D eigenvalue weighted by molar-refractivity contribution is -0.118. The predicted octanol–water partition coefficient (Wildman–Crippen LogP) is 2.29. The fourth-order valence-corrected chi connectivity index (χ4v) is 1.21. The molecule has 1 aromatic rings. The molecule has 4 nitrogen and oxygen atoms in total. The van der Waals surface area contributed by atoms with Crippen molar-refractivity contribution in [1.29, 1.82) is 0 Å². The summed E-state index contributed by atoms with van der Waals surface area (Å²) in [7, 11) is 0. The Kier molecular flexibility index (Phi) is 3.66. The number of amides is 1. The molecule has 86 valence electrons. The molecule has 1 rings (SSSR count). The van der Waals surface area contributed by atoms with Crippen molar-refractivity contribution in [1.82, 2.24) is 0 Å². The normalized spacial score (nSPS) is 10.2. The highest BCUT2D eigenvalue weighted by molar-refractivity contribution is 5.94. The van der Waals surface area contributed by atoms with Crippen LogP contribution in [0.25, 0.3) is 0 Å². The first-order valence-corrected chi connectivity index (χ1v) is 5.06. The molecule has 0 aliphatic heterocycles. The number of aromatic carboxylic acids is 1. The number of nitrogens with one attached hydrogen (secondary N) is 1. The summed E-state index contributed by atoms with van der Waals surface area (Å²) in [6.07, 6.45) is 0. The van der Waals surface area contributed by atoms with Gasteiger partial charge in [0.05, 0.1) is 5.56 Å². The van der Waals surface area contributed by atoms with Crippen LogP contribution in [0.4, 0.5) is 5.69 Å². The van der Waals surface area contributed by atoms with Gasteiger partial charge >= 0.3 is 5.97 Å². The second-order valence-electron chi connectivity index (χ2n) is 3.98. The van der Waals surface area contributed by atoms with Crippen LogP contribution in [-0.2, 0) is 4.79 Å². The highest BCUT2D eigenvalue weighted by atomic mass is 16.4. The van der Waals surface area contributed by atoms with Crippen LogP contribution in [0.15, 0.2) is 18.2 Å². The van der Waals surface area contributed by atoms with Crippen molar-refractivity contribution in [3.8, 4) is 0 Å². The summed E-state index contributed by atoms with van der Waals surface area (Å²) < 4.78 is 0. The highest BCUT2D eigenvalue weighted by Crippen LogP contribution is 2.17. The van der Waals surface area contributed by atoms with E-state index < -0.39 is 5.97 Å². The average Bonchev–Trinajstić information content (AvgIpc) is 2.20. The van der Waals surface area contributed by atoms with Gasteiger partial charge in [-0.25, -0.2) is 4.79 Å². The quantitative estimate of drug-likeness (QED) is 0.822. The van der Waals surface area contributed by atoms with Crippen molar-refractivity contribution < 1.29 is 14.7 Å². The lowest BCUT2D eigenvalue weighted by atomic mass is 10.1. The lowest BCUT2D eigenvalue weighted by Crippen LogP contribution is -2.18. The van der Waals surface area contributed by atoms with E-state index in [-0.39, 0.29) is 17.4 Å². The summed E-state index contributed by atoms with van der Waals surface area (Å²) in [5.41, 5.74) is 1.62. The van der Waals surface area contributed by atoms with E-state index in [4.69, 9.17) is 5.11 Å². The van der Waals surface area contributed by atoms with Crippen LogP contribution < -0.4 is 5.32 Å². The minimum Gasteiger partial charge on any atom is -0.478 e. The zero-order chi connectivity index (χ0) is 12.3. The fraction of sp³-hybridized carbons (Fsp3) is 0.333. The summed E-state index contributed by atoms with van der Waals surface area (Å²) in [4.78, 5) is 22.2. The summed E-state index contributed by atoms with van der Waals surface area (Å²) in [5, 5.41) is 11.5. The second-order valence-corrected chi connectivity index (χ2v) is 3.98. The van der Waals surface area contributed by atoms with E-state index in [1.807, 2.05) is 0 Å². The highest BCUT2D eigenvalue weighted by Gasteiger charge is 2.10. The third-order valence-corrected chi connectivity index (χ3v) is 2.26. The molecule has 1 amide bonds. The zero-order valence-corrected chi connectivity index (χ0v) is 9.57. The first-order valence-electron chi connectivity index (χ1n) is 5.06. The molecule has 0 spiro atoms. The number of carbonyl (C=O) groups is 2. The van der Waals surface area contributed by atoms with Crippen molar-refractivity contribution in [2.75, 3.05) is 5.32 Å². The van der Waals surface area contributed by atoms with Crippen LogP contribution in [0.2, 0.25) is 0 Å². The number of benzene rings is 1. The van der Waals surface area contributed by atoms with E-state index >= 15 is 0 Å². The van der Waals surface area contributed by atoms with Crippen LogP contribution in [-0.4, -0.2) is 17.0 Å². The summed E-state index contributed by atoms with van der Waals surface area (Å²) in [5.74, 6) is -1.14. The van der Waals surface area contributed by atoms with Gasteiger partial charge in [0.25, 0.3) is 0 Å². The maximum atomic E-state index is 11.5. The Bertz CT molecular complexity index is 424. The van der Waals surface area contributed by atoms with Gasteiger partial charge in [0.15, 0.2) is 0 Å². The smallest absolute Gasteiger partial charge is 0.335 e. The van der Waals surface area contributed by atoms with Crippen molar-refractivity contribution in [3.63, 3.8) is 0 Å². The largest absolute Gasteiger partial charge is 0.478 e. The molecule has 0 aromatic heterocycles. The molecule has 0 unspecified atom stereocenters. The Morgan fingerprint density at radius 2 is 1.94 bits per heavy atom. The maximum Gasteiger partial charge on any atom is 0.335 e. The van der Waals surface area contributed by atoms with E-state index in [9.17, 15) is 9.59 Å². The third-order valence-electron chi connectivity index (χ3n) is 2.26. The molecule has 2 N–H and O–H groups in total. The van der Waals surface area contributed by atoms with Crippen LogP contribution in [0.1, 0.15) is 29.8 Å². The number of carbonyl (C=O) groups excluding carboxylic acids is 1. The van der Waals surface area contributed by atoms with Crippen molar-refractivity contribution in [2.45, 2.75) is 20.8 Å². The van der Waals surface area contributed by atoms with E-state index in [1.165, 1.54) is 12.1 Å². The summed E-state index contributed by atoms with van der Waals surface area (Å²) in [6, 6.07) is 4.63. The summed E-state index contributed by atoms with van der Waals surface area (Å²) in [6.45, 7) is 5.37. The van der Waals surface area contributed by atoms with Gasteiger partial charge in [0, 0.05) is 11.6 Å². The Labute approximate surface area is 94.3 Å². The standard InChI is InChI=1S/C12H15NO3/c1-7(2)11(14)13-10-5-4-9(12(15)16)6-8(10)3/h4-7H,1-3H3,(H,13,14)(H,15,16). The van der Waals surface area contributed by atoms with E-state index in [2.05, 4.69) is 5.32 Å². The lowest BCUT2D eigenvalue weighted by Gasteiger charge is -2.10. The Hall–Kier alpha value is -1.84. The van der Waals surface area contributed by atoms with Gasteiger partial charge in [0.1, 0.15) is 0 Å². The first kappa shape index (κ1) is 12.2. The molecule has 0 aliphatic rings. The van der Waals surface area contributed by atoms with E-state index in [1.54, 1.807) is 26.8 Å². The Balaban J connectivity index is 2.91. The zero-order valence-electron chi connectivity index (χ0n) is 9.57. The molecule has 0 aliphatic carbocycles. The topological polar surface area (TPSA) is 66.4 Å². The molecule has 0 bridgehead atoms. The monoisotopic (exact) mass is 221 g/mol. The molecule has 0 saturated heterocycles. The minimum absolute atomic E-state index is 0.0776. The molecule has 0 fully saturated rings. The van der Waals surface area contributed by atoms with Crippen LogP contribution in [0, 0.1) is 12.8 Å². The van der Waals surface area contributed by atoms with Crippen molar-refractivity contribution >= 4 is 17.6 Å². The Morgan fingerprint density at radius 3 is 2.38 bits per heavy atom. The molecule has 0 atom stereocenters. The number of carboxylic acid groups (broad SMARTS) is 1. The van der Waals surface area contributed by atoms with E-state index in [0.29, 0.717) is 5.69 Å². The molecule has 0 heterocycles. The van der Waals surface area contributed by atoms with E-state index in [0.717, 1.165) is 5.56 Å². The summed E-state index contributed by atoms with van der Waals surface area (Å²) >= 11 is 0. The van der Waals surface area contributed by atoms with Gasteiger partial charge in [-0.05, 0) is 30.7 Å². The number of hydrogen-bond donors (Lipinski definition) is 2. The molecule has 4 heteroatoms. The molecular formula is C12H15NO3. The number of carboxylic acids is 1. The molecule has 1 aromatic carbocycles. The van der Waals surface area contributed by atoms with Gasteiger partial charge in [-0.2, -0.15) is 0 Å². The predicted molar refractivity (Wildman–Crippen MR) is 61.6 cm³/mol. The second kappa shape index (κ2) is 4.79. The molecule has 0 saturated carbocycles. The molecular weight excluding hydrogens is 206 g/mol. The van der Waals surface area contributed by atoms with Crippen LogP contribution in [0.3, 0.4) is 0 Å². The van der Waals surface area contributed by atoms with Gasteiger partial charge in [0.2, 0.25) is 5.91 Å². The Morgan fingerprint density at radius 1 is 1.31 bits per heavy atom. The van der Waals surface area contributed by atoms with Gasteiger partial charge < -0.3 is 10.4 Å². The molecule has 0 radical (unpaired) electrons. The van der Waals surface area contributed by atoms with Crippen molar-refractivity contribution in [2.24, 2.45) is 5.92 Å². The van der Waals surface area contributed by atoms with Gasteiger partial charge in [-0.15, -0.1) is 0 Å². The number of aryl methyl sites for hydroxylation is 1. The first-order chi connectivity index (χ1) is 7.41. The SMILES string of the molecule is Cc1cc(C(=O)O)ccc1NC(=O)C(C)C. The number of rotatable bonds is 3. The van der Waals surface area contributed by atoms with Gasteiger partial charge in [-0.1, -0.05) is 13.8 Å². The third kappa shape index (κ3) is 2.82. The minimum atomic E-state index is -0.968. The van der Waals surface area contributed by atoms with Crippen molar-refractivity contribution in [3.05, 3.63) is 29.3 Å². The van der Waals surface area contributed by atoms with Crippen LogP contribution >= 0.6 is 0 Å². The number of anilines is 1. The van der Waals surface area contributed by atoms with Crippen LogP contribution in [0.5, 0.6) is 0 Å². The average molecular weight is 221 g/mol. The fourth-order valence-electron chi connectivity index (χ4n) is 1.21. The maximum absolute atomic E-state index is 11.5. The molecule has 16 heavy (non-hydrogen) atoms.